The lowest BCUT2D eigenvalue weighted by Crippen LogP contribution is -2.35. The first-order valence-electron chi connectivity index (χ1n) is 6.26. The number of amides is 1. The van der Waals surface area contributed by atoms with Crippen LogP contribution in [0.5, 0.6) is 0 Å². The Hall–Kier alpha value is -2.14. The van der Waals surface area contributed by atoms with E-state index in [1.54, 1.807) is 6.20 Å². The Balaban J connectivity index is 2.01. The average molecular weight is 259 g/mol. The second kappa shape index (κ2) is 6.15. The number of nitrogens with one attached hydrogen (secondary N) is 1. The third kappa shape index (κ3) is 3.42. The van der Waals surface area contributed by atoms with Gasteiger partial charge in [-0.15, -0.1) is 0 Å². The third-order valence-electron chi connectivity index (χ3n) is 2.81. The minimum atomic E-state index is -0.459. The van der Waals surface area contributed by atoms with Gasteiger partial charge >= 0.3 is 0 Å². The fourth-order valence-corrected chi connectivity index (χ4v) is 1.75. The van der Waals surface area contributed by atoms with Gasteiger partial charge in [0.1, 0.15) is 0 Å². The van der Waals surface area contributed by atoms with E-state index in [2.05, 4.69) is 10.3 Å². The molecule has 1 atom stereocenters. The van der Waals surface area contributed by atoms with Crippen molar-refractivity contribution in [3.8, 4) is 11.3 Å². The maximum atomic E-state index is 11.8. The second-order valence-corrected chi connectivity index (χ2v) is 4.33. The zero-order valence-corrected chi connectivity index (χ0v) is 10.8. The first-order chi connectivity index (χ1) is 9.20. The zero-order chi connectivity index (χ0) is 13.7. The Bertz CT molecular complexity index is 520. The number of carbonyl (C=O) groups is 1. The van der Waals surface area contributed by atoms with E-state index in [4.69, 9.17) is 10.2 Å². The number of hydrogen-bond donors (Lipinski definition) is 2. The molecule has 0 radical (unpaired) electrons. The van der Waals surface area contributed by atoms with Crippen LogP contribution in [0.1, 0.15) is 19.8 Å². The molecular formula is C14H17N3O2. The van der Waals surface area contributed by atoms with Crippen molar-refractivity contribution in [2.45, 2.75) is 25.8 Å². The molecule has 1 aromatic heterocycles. The molecule has 0 unspecified atom stereocenters. The fourth-order valence-electron chi connectivity index (χ4n) is 1.75. The number of carbonyl (C=O) groups excluding carboxylic acids is 1. The van der Waals surface area contributed by atoms with E-state index in [-0.39, 0.29) is 5.91 Å². The van der Waals surface area contributed by atoms with Crippen molar-refractivity contribution < 1.29 is 9.21 Å². The smallest absolute Gasteiger partial charge is 0.241 e. The average Bonchev–Trinajstić information content (AvgIpc) is 2.94. The summed E-state index contributed by atoms with van der Waals surface area (Å²) in [6, 6.07) is 6.89. The highest BCUT2D eigenvalue weighted by molar-refractivity contribution is 5.94. The summed E-state index contributed by atoms with van der Waals surface area (Å²) >= 11 is 0. The normalized spacial score (nSPS) is 12.1. The molecule has 5 heteroatoms. The number of rotatable bonds is 5. The summed E-state index contributed by atoms with van der Waals surface area (Å²) < 4.78 is 5.19. The van der Waals surface area contributed by atoms with Gasteiger partial charge in [-0.3, -0.25) is 4.79 Å². The lowest BCUT2D eigenvalue weighted by atomic mass is 10.1. The van der Waals surface area contributed by atoms with E-state index >= 15 is 0 Å². The molecule has 0 aliphatic rings. The first-order valence-corrected chi connectivity index (χ1v) is 6.26. The summed E-state index contributed by atoms with van der Waals surface area (Å²) in [5.74, 6) is 0.537. The zero-order valence-electron chi connectivity index (χ0n) is 10.8. The van der Waals surface area contributed by atoms with Crippen LogP contribution in [0.2, 0.25) is 0 Å². The van der Waals surface area contributed by atoms with E-state index in [1.165, 1.54) is 6.39 Å². The number of oxazole rings is 1. The van der Waals surface area contributed by atoms with Gasteiger partial charge in [0.2, 0.25) is 5.91 Å². The molecule has 0 spiro atoms. The Kier molecular flexibility index (Phi) is 4.30. The summed E-state index contributed by atoms with van der Waals surface area (Å²) in [7, 11) is 0. The van der Waals surface area contributed by atoms with Gasteiger partial charge in [-0.1, -0.05) is 13.3 Å². The molecule has 100 valence electrons. The number of nitrogens with zero attached hydrogens (tertiary/aromatic N) is 1. The van der Waals surface area contributed by atoms with Crippen molar-refractivity contribution in [2.24, 2.45) is 5.73 Å². The molecule has 0 aliphatic heterocycles. The molecule has 19 heavy (non-hydrogen) atoms. The highest BCUT2D eigenvalue weighted by Gasteiger charge is 2.12. The van der Waals surface area contributed by atoms with Crippen LogP contribution in [0.3, 0.4) is 0 Å². The van der Waals surface area contributed by atoms with E-state index in [0.717, 1.165) is 17.7 Å². The van der Waals surface area contributed by atoms with Gasteiger partial charge in [0, 0.05) is 11.3 Å². The standard InChI is InChI=1S/C14H17N3O2/c1-2-3-12(15)14(18)17-11-6-4-10(5-7-11)13-8-16-9-19-13/h4-9,12H,2-3,15H2,1H3,(H,17,18)/t12-/m1/s1. The molecule has 1 aromatic carbocycles. The lowest BCUT2D eigenvalue weighted by Gasteiger charge is -2.11. The number of hydrogen-bond acceptors (Lipinski definition) is 4. The topological polar surface area (TPSA) is 81.2 Å². The summed E-state index contributed by atoms with van der Waals surface area (Å²) in [4.78, 5) is 15.6. The molecule has 5 nitrogen and oxygen atoms in total. The van der Waals surface area contributed by atoms with Gasteiger partial charge < -0.3 is 15.5 Å². The number of benzene rings is 1. The minimum absolute atomic E-state index is 0.158. The van der Waals surface area contributed by atoms with Gasteiger partial charge in [0.25, 0.3) is 0 Å². The van der Waals surface area contributed by atoms with Gasteiger partial charge in [-0.05, 0) is 30.7 Å². The van der Waals surface area contributed by atoms with Crippen molar-refractivity contribution in [1.29, 1.82) is 0 Å². The molecule has 0 saturated heterocycles. The minimum Gasteiger partial charge on any atom is -0.444 e. The predicted molar refractivity (Wildman–Crippen MR) is 73.5 cm³/mol. The highest BCUT2D eigenvalue weighted by Crippen LogP contribution is 2.20. The van der Waals surface area contributed by atoms with Crippen molar-refractivity contribution >= 4 is 11.6 Å². The van der Waals surface area contributed by atoms with Gasteiger partial charge in [0.15, 0.2) is 12.2 Å². The molecule has 0 fully saturated rings. The Morgan fingerprint density at radius 1 is 1.42 bits per heavy atom. The second-order valence-electron chi connectivity index (χ2n) is 4.33. The first kappa shape index (κ1) is 13.3. The summed E-state index contributed by atoms with van der Waals surface area (Å²) in [5.41, 5.74) is 7.38. The van der Waals surface area contributed by atoms with E-state index in [1.807, 2.05) is 31.2 Å². The molecule has 2 aromatic rings. The molecule has 3 N–H and O–H groups in total. The Morgan fingerprint density at radius 3 is 2.74 bits per heavy atom. The maximum absolute atomic E-state index is 11.8. The Morgan fingerprint density at radius 2 is 2.16 bits per heavy atom. The highest BCUT2D eigenvalue weighted by atomic mass is 16.3. The number of anilines is 1. The molecule has 2 rings (SSSR count). The fraction of sp³-hybridized carbons (Fsp3) is 0.286. The van der Waals surface area contributed by atoms with E-state index in [9.17, 15) is 4.79 Å². The van der Waals surface area contributed by atoms with Gasteiger partial charge in [0.05, 0.1) is 12.2 Å². The van der Waals surface area contributed by atoms with E-state index in [0.29, 0.717) is 12.2 Å². The van der Waals surface area contributed by atoms with Crippen molar-refractivity contribution in [2.75, 3.05) is 5.32 Å². The van der Waals surface area contributed by atoms with Gasteiger partial charge in [-0.2, -0.15) is 0 Å². The van der Waals surface area contributed by atoms with Crippen LogP contribution >= 0.6 is 0 Å². The third-order valence-corrected chi connectivity index (χ3v) is 2.81. The number of aromatic nitrogens is 1. The van der Waals surface area contributed by atoms with Crippen LogP contribution in [0, 0.1) is 0 Å². The van der Waals surface area contributed by atoms with Crippen LogP contribution in [0.15, 0.2) is 41.3 Å². The molecule has 1 amide bonds. The Labute approximate surface area is 111 Å². The summed E-state index contributed by atoms with van der Waals surface area (Å²) in [6.45, 7) is 2.00. The van der Waals surface area contributed by atoms with Crippen LogP contribution < -0.4 is 11.1 Å². The van der Waals surface area contributed by atoms with Crippen LogP contribution in [-0.2, 0) is 4.79 Å². The molecule has 0 bridgehead atoms. The predicted octanol–water partition coefficient (Wildman–Crippen LogP) is 2.41. The van der Waals surface area contributed by atoms with Crippen LogP contribution in [0.4, 0.5) is 5.69 Å². The van der Waals surface area contributed by atoms with Gasteiger partial charge in [-0.25, -0.2) is 4.98 Å². The quantitative estimate of drug-likeness (QED) is 0.864. The van der Waals surface area contributed by atoms with Crippen molar-refractivity contribution in [1.82, 2.24) is 4.98 Å². The lowest BCUT2D eigenvalue weighted by molar-refractivity contribution is -0.117. The maximum Gasteiger partial charge on any atom is 0.241 e. The largest absolute Gasteiger partial charge is 0.444 e. The van der Waals surface area contributed by atoms with Crippen molar-refractivity contribution in [3.05, 3.63) is 36.9 Å². The van der Waals surface area contributed by atoms with E-state index < -0.39 is 6.04 Å². The SMILES string of the molecule is CCC[C@@H](N)C(=O)Nc1ccc(-c2cnco2)cc1. The molecule has 0 saturated carbocycles. The summed E-state index contributed by atoms with van der Waals surface area (Å²) in [5, 5.41) is 2.79. The summed E-state index contributed by atoms with van der Waals surface area (Å²) in [6.07, 6.45) is 4.60. The molecule has 1 heterocycles. The number of nitrogens with two attached hydrogens (primary N) is 1. The van der Waals surface area contributed by atoms with Crippen LogP contribution in [-0.4, -0.2) is 16.9 Å². The monoisotopic (exact) mass is 259 g/mol. The molecule has 0 aliphatic carbocycles. The van der Waals surface area contributed by atoms with Crippen LogP contribution in [0.25, 0.3) is 11.3 Å². The molecular weight excluding hydrogens is 242 g/mol. The van der Waals surface area contributed by atoms with Crippen molar-refractivity contribution in [3.63, 3.8) is 0 Å².